The maximum absolute atomic E-state index is 6.56. The Hall–Kier alpha value is -0.0800. The van der Waals surface area contributed by atoms with E-state index in [0.29, 0.717) is 0 Å². The van der Waals surface area contributed by atoms with E-state index in [0.717, 1.165) is 30.2 Å². The van der Waals surface area contributed by atoms with Gasteiger partial charge in [-0.25, -0.2) is 0 Å². The Bertz CT molecular complexity index is 271. The van der Waals surface area contributed by atoms with Crippen molar-refractivity contribution >= 4 is 0 Å². The predicted octanol–water partition coefficient (Wildman–Crippen LogP) is 2.92. The minimum absolute atomic E-state index is 0.0926. The first-order valence-corrected chi connectivity index (χ1v) is 8.16. The molecule has 3 N–H and O–H groups in total. The fourth-order valence-electron chi connectivity index (χ4n) is 4.12. The normalized spacial score (nSPS) is 37.2. The maximum atomic E-state index is 6.56. The average molecular weight is 250 g/mol. The summed E-state index contributed by atoms with van der Waals surface area (Å²) in [6.45, 7) is 4.65. The lowest BCUT2D eigenvalue weighted by molar-refractivity contribution is 0.223. The molecule has 0 aliphatic heterocycles. The Morgan fingerprint density at radius 2 is 1.83 bits per heavy atom. The first-order chi connectivity index (χ1) is 8.66. The summed E-state index contributed by atoms with van der Waals surface area (Å²) in [6.07, 6.45) is 11.1. The summed E-state index contributed by atoms with van der Waals surface area (Å²) in [7, 11) is 0. The molecule has 3 saturated carbocycles. The van der Waals surface area contributed by atoms with Crippen LogP contribution in [0.15, 0.2) is 0 Å². The topological polar surface area (TPSA) is 38.0 Å². The van der Waals surface area contributed by atoms with E-state index >= 15 is 0 Å². The third-order valence-electron chi connectivity index (χ3n) is 5.44. The minimum atomic E-state index is 0.0926. The van der Waals surface area contributed by atoms with E-state index in [9.17, 15) is 0 Å². The third kappa shape index (κ3) is 3.27. The van der Waals surface area contributed by atoms with Crippen molar-refractivity contribution in [1.29, 1.82) is 0 Å². The summed E-state index contributed by atoms with van der Waals surface area (Å²) in [5, 5.41) is 3.73. The van der Waals surface area contributed by atoms with Gasteiger partial charge >= 0.3 is 0 Å². The monoisotopic (exact) mass is 250 g/mol. The van der Waals surface area contributed by atoms with Gasteiger partial charge in [0.2, 0.25) is 0 Å². The number of hydrogen-bond donors (Lipinski definition) is 2. The van der Waals surface area contributed by atoms with Gasteiger partial charge in [-0.1, -0.05) is 19.8 Å². The average Bonchev–Trinajstić information content (AvgIpc) is 3.15. The summed E-state index contributed by atoms with van der Waals surface area (Å²) in [4.78, 5) is 0. The lowest BCUT2D eigenvalue weighted by atomic mass is 9.77. The molecule has 3 aliphatic carbocycles. The summed E-state index contributed by atoms with van der Waals surface area (Å²) in [5.41, 5.74) is 6.65. The molecular weight excluding hydrogens is 220 g/mol. The van der Waals surface area contributed by atoms with E-state index in [1.54, 1.807) is 0 Å². The second-order valence-electron chi connectivity index (χ2n) is 7.53. The van der Waals surface area contributed by atoms with Crippen LogP contribution in [-0.2, 0) is 0 Å². The zero-order valence-corrected chi connectivity index (χ0v) is 12.0. The molecule has 0 aromatic rings. The first kappa shape index (κ1) is 12.9. The van der Waals surface area contributed by atoms with E-state index in [1.165, 1.54) is 57.9 Å². The predicted molar refractivity (Wildman–Crippen MR) is 76.4 cm³/mol. The van der Waals surface area contributed by atoms with Crippen LogP contribution in [0.3, 0.4) is 0 Å². The van der Waals surface area contributed by atoms with Gasteiger partial charge in [-0.05, 0) is 68.7 Å². The lowest BCUT2D eigenvalue weighted by Gasteiger charge is -2.37. The number of hydrogen-bond acceptors (Lipinski definition) is 2. The zero-order valence-electron chi connectivity index (χ0n) is 12.0. The molecule has 3 aliphatic rings. The Morgan fingerprint density at radius 3 is 2.39 bits per heavy atom. The molecule has 0 radical (unpaired) electrons. The molecule has 2 nitrogen and oxygen atoms in total. The molecule has 104 valence electrons. The highest BCUT2D eigenvalue weighted by Gasteiger charge is 2.41. The highest BCUT2D eigenvalue weighted by atomic mass is 14.9. The molecule has 3 rings (SSSR count). The van der Waals surface area contributed by atoms with Crippen LogP contribution in [0, 0.1) is 23.7 Å². The van der Waals surface area contributed by atoms with Crippen molar-refractivity contribution in [3.63, 3.8) is 0 Å². The molecule has 18 heavy (non-hydrogen) atoms. The van der Waals surface area contributed by atoms with Gasteiger partial charge in [0, 0.05) is 12.1 Å². The number of nitrogens with one attached hydrogen (secondary N) is 1. The van der Waals surface area contributed by atoms with E-state index in [2.05, 4.69) is 12.2 Å². The highest BCUT2D eigenvalue weighted by Crippen LogP contribution is 2.48. The molecule has 0 bridgehead atoms. The third-order valence-corrected chi connectivity index (χ3v) is 5.44. The Kier molecular flexibility index (Phi) is 3.68. The van der Waals surface area contributed by atoms with Gasteiger partial charge in [0.15, 0.2) is 0 Å². The van der Waals surface area contributed by atoms with Crippen molar-refractivity contribution in [3.8, 4) is 0 Å². The zero-order chi connectivity index (χ0) is 12.6. The summed E-state index contributed by atoms with van der Waals surface area (Å²) >= 11 is 0. The van der Waals surface area contributed by atoms with Crippen molar-refractivity contribution < 1.29 is 0 Å². The molecule has 0 aromatic carbocycles. The Morgan fingerprint density at radius 1 is 1.17 bits per heavy atom. The quantitative estimate of drug-likeness (QED) is 0.760. The summed E-state index contributed by atoms with van der Waals surface area (Å²) < 4.78 is 0. The highest BCUT2D eigenvalue weighted by molar-refractivity contribution is 4.95. The summed E-state index contributed by atoms with van der Waals surface area (Å²) in [5.74, 6) is 3.93. The van der Waals surface area contributed by atoms with Gasteiger partial charge in [0.05, 0.1) is 0 Å². The Balaban J connectivity index is 1.42. The van der Waals surface area contributed by atoms with E-state index in [4.69, 9.17) is 5.73 Å². The lowest BCUT2D eigenvalue weighted by Crippen LogP contribution is -2.52. The van der Waals surface area contributed by atoms with Gasteiger partial charge in [-0.3, -0.25) is 0 Å². The van der Waals surface area contributed by atoms with Crippen LogP contribution in [0.25, 0.3) is 0 Å². The van der Waals surface area contributed by atoms with Crippen LogP contribution >= 0.6 is 0 Å². The van der Waals surface area contributed by atoms with Crippen molar-refractivity contribution in [3.05, 3.63) is 0 Å². The van der Waals surface area contributed by atoms with Gasteiger partial charge in [0.1, 0.15) is 0 Å². The van der Waals surface area contributed by atoms with Crippen LogP contribution in [0.5, 0.6) is 0 Å². The van der Waals surface area contributed by atoms with E-state index < -0.39 is 0 Å². The largest absolute Gasteiger partial charge is 0.324 e. The van der Waals surface area contributed by atoms with Crippen molar-refractivity contribution in [1.82, 2.24) is 5.32 Å². The number of nitrogens with two attached hydrogens (primary N) is 1. The molecule has 2 atom stereocenters. The van der Waals surface area contributed by atoms with Crippen molar-refractivity contribution in [2.75, 3.05) is 13.1 Å². The molecule has 0 amide bonds. The van der Waals surface area contributed by atoms with E-state index in [-0.39, 0.29) is 5.54 Å². The van der Waals surface area contributed by atoms with Crippen LogP contribution in [0.4, 0.5) is 0 Å². The number of rotatable bonds is 6. The second kappa shape index (κ2) is 5.13. The fourth-order valence-corrected chi connectivity index (χ4v) is 4.12. The van der Waals surface area contributed by atoms with Crippen LogP contribution in [0.1, 0.15) is 58.3 Å². The molecule has 0 heterocycles. The van der Waals surface area contributed by atoms with Gasteiger partial charge < -0.3 is 11.1 Å². The second-order valence-corrected chi connectivity index (χ2v) is 7.53. The van der Waals surface area contributed by atoms with Crippen molar-refractivity contribution in [2.24, 2.45) is 29.4 Å². The molecule has 0 spiro atoms. The van der Waals surface area contributed by atoms with Crippen LogP contribution in [0.2, 0.25) is 0 Å². The Labute approximate surface area is 112 Å². The fraction of sp³-hybridized carbons (Fsp3) is 1.00. The molecular formula is C16H30N2. The van der Waals surface area contributed by atoms with Gasteiger partial charge in [-0.2, -0.15) is 0 Å². The van der Waals surface area contributed by atoms with Gasteiger partial charge in [0.25, 0.3) is 0 Å². The molecule has 2 unspecified atom stereocenters. The SMILES string of the molecule is CC1CCCC(N)(CNCC(C2CC2)C2CC2)C1. The molecule has 2 heteroatoms. The van der Waals surface area contributed by atoms with E-state index in [1.807, 2.05) is 0 Å². The standard InChI is InChI=1S/C16H30N2/c1-12-3-2-8-16(17,9-12)11-18-10-15(13-4-5-13)14-6-7-14/h12-15,18H,2-11,17H2,1H3. The molecule has 0 saturated heterocycles. The van der Waals surface area contributed by atoms with Gasteiger partial charge in [-0.15, -0.1) is 0 Å². The maximum Gasteiger partial charge on any atom is 0.0283 e. The van der Waals surface area contributed by atoms with Crippen molar-refractivity contribution in [2.45, 2.75) is 63.8 Å². The van der Waals surface area contributed by atoms with Crippen LogP contribution < -0.4 is 11.1 Å². The minimum Gasteiger partial charge on any atom is -0.324 e. The summed E-state index contributed by atoms with van der Waals surface area (Å²) in [6, 6.07) is 0. The molecule has 3 fully saturated rings. The smallest absolute Gasteiger partial charge is 0.0283 e. The van der Waals surface area contributed by atoms with Crippen LogP contribution in [-0.4, -0.2) is 18.6 Å². The molecule has 0 aromatic heterocycles. The first-order valence-electron chi connectivity index (χ1n) is 8.16.